The second kappa shape index (κ2) is 8.82. The van der Waals surface area contributed by atoms with E-state index in [1.165, 1.54) is 0 Å². The summed E-state index contributed by atoms with van der Waals surface area (Å²) in [4.78, 5) is 0. The zero-order valence-electron chi connectivity index (χ0n) is 12.9. The summed E-state index contributed by atoms with van der Waals surface area (Å²) in [5.41, 5.74) is 1.98. The van der Waals surface area contributed by atoms with E-state index in [0.29, 0.717) is 28.2 Å². The molecule has 0 aliphatic carbocycles. The molecule has 2 aromatic rings. The summed E-state index contributed by atoms with van der Waals surface area (Å²) in [5, 5.41) is 4.44. The van der Waals surface area contributed by atoms with Crippen molar-refractivity contribution in [3.8, 4) is 11.5 Å². The van der Waals surface area contributed by atoms with Gasteiger partial charge in [0.25, 0.3) is 0 Å². The van der Waals surface area contributed by atoms with Crippen LogP contribution in [0.1, 0.15) is 11.1 Å². The molecule has 122 valence electrons. The molecule has 5 heteroatoms. The van der Waals surface area contributed by atoms with Gasteiger partial charge in [-0.05, 0) is 29.8 Å². The fraction of sp³-hybridized carbons (Fsp3) is 0.222. The molecule has 0 spiro atoms. The van der Waals surface area contributed by atoms with Gasteiger partial charge in [-0.1, -0.05) is 41.4 Å². The summed E-state index contributed by atoms with van der Waals surface area (Å²) in [5.74, 6) is 1.36. The maximum Gasteiger partial charge on any atom is 0.161 e. The number of nitrogens with one attached hydrogen (secondary N) is 1. The summed E-state index contributed by atoms with van der Waals surface area (Å²) < 4.78 is 11.2. The predicted molar refractivity (Wildman–Crippen MR) is 95.7 cm³/mol. The first-order valence-electron chi connectivity index (χ1n) is 7.19. The number of halogens is 2. The molecule has 0 fully saturated rings. The van der Waals surface area contributed by atoms with E-state index in [1.807, 2.05) is 30.3 Å². The average Bonchev–Trinajstić information content (AvgIpc) is 2.55. The van der Waals surface area contributed by atoms with Gasteiger partial charge >= 0.3 is 0 Å². The third-order valence-corrected chi connectivity index (χ3v) is 3.83. The van der Waals surface area contributed by atoms with Gasteiger partial charge in [0, 0.05) is 28.7 Å². The molecule has 2 rings (SSSR count). The van der Waals surface area contributed by atoms with E-state index in [9.17, 15) is 0 Å². The van der Waals surface area contributed by atoms with Gasteiger partial charge in [-0.2, -0.15) is 0 Å². The highest BCUT2D eigenvalue weighted by Gasteiger charge is 2.08. The van der Waals surface area contributed by atoms with Gasteiger partial charge in [-0.3, -0.25) is 0 Å². The summed E-state index contributed by atoms with van der Waals surface area (Å²) in [6.45, 7) is 5.53. The minimum absolute atomic E-state index is 0.348. The molecule has 3 nitrogen and oxygen atoms in total. The highest BCUT2D eigenvalue weighted by atomic mass is 35.5. The van der Waals surface area contributed by atoms with Crippen LogP contribution < -0.4 is 14.8 Å². The van der Waals surface area contributed by atoms with Crippen LogP contribution in [0.5, 0.6) is 11.5 Å². The first-order valence-corrected chi connectivity index (χ1v) is 7.95. The van der Waals surface area contributed by atoms with Crippen molar-refractivity contribution in [2.24, 2.45) is 0 Å². The van der Waals surface area contributed by atoms with Crippen molar-refractivity contribution in [3.05, 3.63) is 70.2 Å². The van der Waals surface area contributed by atoms with Crippen LogP contribution in [0.3, 0.4) is 0 Å². The van der Waals surface area contributed by atoms with E-state index in [-0.39, 0.29) is 0 Å². The molecule has 0 aliphatic rings. The van der Waals surface area contributed by atoms with E-state index in [0.717, 1.165) is 24.2 Å². The number of benzene rings is 2. The first-order chi connectivity index (χ1) is 11.1. The lowest BCUT2D eigenvalue weighted by Crippen LogP contribution is -2.12. The largest absolute Gasteiger partial charge is 0.493 e. The van der Waals surface area contributed by atoms with Crippen LogP contribution in [0.25, 0.3) is 0 Å². The smallest absolute Gasteiger partial charge is 0.161 e. The first kappa shape index (κ1) is 17.7. The Morgan fingerprint density at radius 1 is 1.13 bits per heavy atom. The van der Waals surface area contributed by atoms with E-state index in [1.54, 1.807) is 19.2 Å². The number of methoxy groups -OCH3 is 1. The summed E-state index contributed by atoms with van der Waals surface area (Å²) in [6.07, 6.45) is 1.82. The molecule has 0 saturated carbocycles. The van der Waals surface area contributed by atoms with Crippen LogP contribution in [-0.4, -0.2) is 13.7 Å². The molecule has 1 N–H and O–H groups in total. The highest BCUT2D eigenvalue weighted by Crippen LogP contribution is 2.30. The normalized spacial score (nSPS) is 10.4. The molecule has 0 amide bonds. The SMILES string of the molecule is C=CCNCc1ccc(OCc2ccc(Cl)cc2Cl)c(OC)c1. The summed E-state index contributed by atoms with van der Waals surface area (Å²) in [7, 11) is 1.62. The molecule has 0 bridgehead atoms. The second-order valence-electron chi connectivity index (χ2n) is 4.93. The highest BCUT2D eigenvalue weighted by molar-refractivity contribution is 6.35. The van der Waals surface area contributed by atoms with Crippen molar-refractivity contribution in [2.75, 3.05) is 13.7 Å². The van der Waals surface area contributed by atoms with E-state index < -0.39 is 0 Å². The van der Waals surface area contributed by atoms with Crippen molar-refractivity contribution < 1.29 is 9.47 Å². The molecule has 0 radical (unpaired) electrons. The van der Waals surface area contributed by atoms with Crippen molar-refractivity contribution >= 4 is 23.2 Å². The van der Waals surface area contributed by atoms with Gasteiger partial charge in [-0.15, -0.1) is 6.58 Å². The topological polar surface area (TPSA) is 30.5 Å². The maximum absolute atomic E-state index is 6.15. The fourth-order valence-corrected chi connectivity index (χ4v) is 2.52. The minimum atomic E-state index is 0.348. The number of rotatable bonds is 8. The Kier molecular flexibility index (Phi) is 6.78. The average molecular weight is 352 g/mol. The van der Waals surface area contributed by atoms with Crippen LogP contribution in [0.2, 0.25) is 10.0 Å². The third-order valence-electron chi connectivity index (χ3n) is 3.24. The molecule has 0 unspecified atom stereocenters. The van der Waals surface area contributed by atoms with Gasteiger partial charge in [-0.25, -0.2) is 0 Å². The molecule has 0 aromatic heterocycles. The lowest BCUT2D eigenvalue weighted by molar-refractivity contribution is 0.284. The van der Waals surface area contributed by atoms with Gasteiger partial charge in [0.15, 0.2) is 11.5 Å². The number of hydrogen-bond donors (Lipinski definition) is 1. The monoisotopic (exact) mass is 351 g/mol. The summed E-state index contributed by atoms with van der Waals surface area (Å²) in [6, 6.07) is 11.2. The fourth-order valence-electron chi connectivity index (χ4n) is 2.05. The van der Waals surface area contributed by atoms with Crippen molar-refractivity contribution in [1.82, 2.24) is 5.32 Å². The number of ether oxygens (including phenoxy) is 2. The molecule has 0 saturated heterocycles. The quantitative estimate of drug-likeness (QED) is 0.544. The maximum atomic E-state index is 6.15. The van der Waals surface area contributed by atoms with Crippen molar-refractivity contribution in [1.29, 1.82) is 0 Å². The Morgan fingerprint density at radius 2 is 1.96 bits per heavy atom. The van der Waals surface area contributed by atoms with Gasteiger partial charge in [0.05, 0.1) is 7.11 Å². The van der Waals surface area contributed by atoms with Gasteiger partial charge in [0.1, 0.15) is 6.61 Å². The standard InChI is InChI=1S/C18H19Cl2NO2/c1-3-8-21-11-13-4-7-17(18(9-13)22-2)23-12-14-5-6-15(19)10-16(14)20/h3-7,9-10,21H,1,8,11-12H2,2H3. The predicted octanol–water partition coefficient (Wildman–Crippen LogP) is 4.86. The van der Waals surface area contributed by atoms with E-state index in [4.69, 9.17) is 32.7 Å². The van der Waals surface area contributed by atoms with Crippen molar-refractivity contribution in [2.45, 2.75) is 13.2 Å². The lowest BCUT2D eigenvalue weighted by atomic mass is 10.2. The molecule has 0 heterocycles. The van der Waals surface area contributed by atoms with Crippen LogP contribution in [0.4, 0.5) is 0 Å². The molecule has 0 aliphatic heterocycles. The van der Waals surface area contributed by atoms with Crippen LogP contribution in [0.15, 0.2) is 49.1 Å². The Hall–Kier alpha value is -1.68. The second-order valence-corrected chi connectivity index (χ2v) is 5.77. The molecule has 2 aromatic carbocycles. The van der Waals surface area contributed by atoms with Crippen molar-refractivity contribution in [3.63, 3.8) is 0 Å². The Labute approximate surface area is 146 Å². The zero-order valence-corrected chi connectivity index (χ0v) is 14.5. The molecule has 23 heavy (non-hydrogen) atoms. The van der Waals surface area contributed by atoms with Crippen LogP contribution in [-0.2, 0) is 13.2 Å². The third kappa shape index (κ3) is 5.17. The van der Waals surface area contributed by atoms with E-state index >= 15 is 0 Å². The molecule has 0 atom stereocenters. The Bertz CT molecular complexity index is 674. The zero-order chi connectivity index (χ0) is 16.7. The Balaban J connectivity index is 2.05. The van der Waals surface area contributed by atoms with Gasteiger partial charge in [0.2, 0.25) is 0 Å². The molecular weight excluding hydrogens is 333 g/mol. The number of hydrogen-bond acceptors (Lipinski definition) is 3. The molecular formula is C18H19Cl2NO2. The summed E-state index contributed by atoms with van der Waals surface area (Å²) >= 11 is 12.0. The van der Waals surface area contributed by atoms with E-state index in [2.05, 4.69) is 11.9 Å². The van der Waals surface area contributed by atoms with Crippen LogP contribution in [0, 0.1) is 0 Å². The van der Waals surface area contributed by atoms with Crippen LogP contribution >= 0.6 is 23.2 Å². The lowest BCUT2D eigenvalue weighted by Gasteiger charge is -2.13. The Morgan fingerprint density at radius 3 is 2.65 bits per heavy atom. The minimum Gasteiger partial charge on any atom is -0.493 e. The van der Waals surface area contributed by atoms with Gasteiger partial charge < -0.3 is 14.8 Å².